The van der Waals surface area contributed by atoms with Crippen LogP contribution in [0.25, 0.3) is 11.7 Å². The fourth-order valence-electron chi connectivity index (χ4n) is 3.13. The number of pyridine rings is 1. The maximum Gasteiger partial charge on any atom is 0.269 e. The number of ether oxygens (including phenoxy) is 2. The average molecular weight is 517 g/mol. The van der Waals surface area contributed by atoms with Crippen LogP contribution < -0.4 is 20.3 Å². The highest BCUT2D eigenvalue weighted by atomic mass is 79.9. The molecular weight excluding hydrogens is 500 g/mol. The Labute approximate surface area is 202 Å². The number of nitrogens with zero attached hydrogens (tertiary/aromatic N) is 3. The normalized spacial score (nSPS) is 11.0. The lowest BCUT2D eigenvalue weighted by atomic mass is 10.1. The van der Waals surface area contributed by atoms with Gasteiger partial charge in [-0.05, 0) is 54.6 Å². The van der Waals surface area contributed by atoms with Crippen LogP contribution in [-0.2, 0) is 4.79 Å². The van der Waals surface area contributed by atoms with Crippen LogP contribution in [0.3, 0.4) is 0 Å². The highest BCUT2D eigenvalue weighted by Crippen LogP contribution is 2.27. The number of hydrogen-bond acceptors (Lipinski definition) is 6. The first-order valence-corrected chi connectivity index (χ1v) is 10.8. The Bertz CT molecular complexity index is 1500. The van der Waals surface area contributed by atoms with Crippen LogP contribution in [0.1, 0.15) is 5.56 Å². The molecule has 0 saturated heterocycles. The van der Waals surface area contributed by atoms with Gasteiger partial charge in [0.15, 0.2) is 0 Å². The van der Waals surface area contributed by atoms with Gasteiger partial charge in [0.05, 0.1) is 12.8 Å². The Morgan fingerprint density at radius 2 is 1.85 bits per heavy atom. The van der Waals surface area contributed by atoms with Crippen molar-refractivity contribution >= 4 is 39.2 Å². The summed E-state index contributed by atoms with van der Waals surface area (Å²) in [6.07, 6.45) is 2.72. The number of carbonyl (C=O) groups excluding carboxylic acids is 1. The zero-order chi connectivity index (χ0) is 24.1. The molecule has 2 heterocycles. The van der Waals surface area contributed by atoms with Gasteiger partial charge < -0.3 is 14.8 Å². The highest BCUT2D eigenvalue weighted by molar-refractivity contribution is 9.10. The van der Waals surface area contributed by atoms with E-state index in [9.17, 15) is 14.9 Å². The number of halogens is 1. The van der Waals surface area contributed by atoms with E-state index in [1.165, 1.54) is 17.6 Å². The summed E-state index contributed by atoms with van der Waals surface area (Å²) >= 11 is 3.36. The van der Waals surface area contributed by atoms with E-state index in [4.69, 9.17) is 9.47 Å². The minimum Gasteiger partial charge on any atom is -0.495 e. The standard InChI is InChI=1S/C25H17BrN4O4/c1-33-21-7-3-2-6-20(21)28-23(31)16(15-27)14-19-24(34-18-11-9-17(26)10-12-18)29-22-8-4-5-13-30(22)25(19)32/h2-14H,1H3,(H,28,31)/b16-14-. The van der Waals surface area contributed by atoms with Crippen LogP contribution in [0.5, 0.6) is 17.4 Å². The van der Waals surface area contributed by atoms with Crippen molar-refractivity contribution in [2.24, 2.45) is 0 Å². The van der Waals surface area contributed by atoms with Crippen molar-refractivity contribution in [1.82, 2.24) is 9.38 Å². The third-order valence-corrected chi connectivity index (χ3v) is 5.30. The average Bonchev–Trinajstić information content (AvgIpc) is 2.85. The van der Waals surface area contributed by atoms with Crippen molar-refractivity contribution in [2.75, 3.05) is 12.4 Å². The molecule has 0 spiro atoms. The first-order chi connectivity index (χ1) is 16.5. The molecule has 0 aliphatic carbocycles. The van der Waals surface area contributed by atoms with Gasteiger partial charge in [0.2, 0.25) is 5.88 Å². The molecule has 0 radical (unpaired) electrons. The number of hydrogen-bond donors (Lipinski definition) is 1. The number of rotatable bonds is 6. The second kappa shape index (κ2) is 10.0. The summed E-state index contributed by atoms with van der Waals surface area (Å²) in [5.74, 6) is 0.123. The molecule has 0 atom stereocenters. The Hall–Kier alpha value is -4.42. The fourth-order valence-corrected chi connectivity index (χ4v) is 3.39. The number of nitriles is 1. The van der Waals surface area contributed by atoms with Gasteiger partial charge in [-0.25, -0.2) is 0 Å². The summed E-state index contributed by atoms with van der Waals surface area (Å²) in [6.45, 7) is 0. The Kier molecular flexibility index (Phi) is 6.71. The molecule has 168 valence electrons. The molecule has 0 aliphatic rings. The monoisotopic (exact) mass is 516 g/mol. The molecule has 0 fully saturated rings. The van der Waals surface area contributed by atoms with Crippen molar-refractivity contribution in [3.05, 3.63) is 98.9 Å². The number of nitrogens with one attached hydrogen (secondary N) is 1. The zero-order valence-electron chi connectivity index (χ0n) is 17.9. The van der Waals surface area contributed by atoms with Gasteiger partial charge in [-0.3, -0.25) is 14.0 Å². The molecule has 4 aromatic rings. The molecule has 8 nitrogen and oxygen atoms in total. The van der Waals surface area contributed by atoms with Gasteiger partial charge in [-0.15, -0.1) is 0 Å². The fraction of sp³-hybridized carbons (Fsp3) is 0.0400. The van der Waals surface area contributed by atoms with Gasteiger partial charge in [0.1, 0.15) is 34.4 Å². The van der Waals surface area contributed by atoms with E-state index < -0.39 is 11.5 Å². The van der Waals surface area contributed by atoms with Crippen LogP contribution in [-0.4, -0.2) is 22.4 Å². The molecule has 0 aliphatic heterocycles. The number of anilines is 1. The molecule has 9 heteroatoms. The Balaban J connectivity index is 1.79. The van der Waals surface area contributed by atoms with E-state index in [2.05, 4.69) is 26.2 Å². The van der Waals surface area contributed by atoms with E-state index in [1.807, 2.05) is 6.07 Å². The van der Waals surface area contributed by atoms with E-state index in [1.54, 1.807) is 72.9 Å². The van der Waals surface area contributed by atoms with Gasteiger partial charge in [-0.2, -0.15) is 10.2 Å². The summed E-state index contributed by atoms with van der Waals surface area (Å²) < 4.78 is 13.3. The topological polar surface area (TPSA) is 106 Å². The Morgan fingerprint density at radius 1 is 1.12 bits per heavy atom. The zero-order valence-corrected chi connectivity index (χ0v) is 19.4. The lowest BCUT2D eigenvalue weighted by Crippen LogP contribution is -2.20. The van der Waals surface area contributed by atoms with Gasteiger partial charge >= 0.3 is 0 Å². The van der Waals surface area contributed by atoms with Gasteiger partial charge in [0, 0.05) is 10.7 Å². The highest BCUT2D eigenvalue weighted by Gasteiger charge is 2.18. The lowest BCUT2D eigenvalue weighted by Gasteiger charge is -2.11. The molecule has 0 unspecified atom stereocenters. The number of carbonyl (C=O) groups is 1. The maximum absolute atomic E-state index is 13.3. The summed E-state index contributed by atoms with van der Waals surface area (Å²) in [4.78, 5) is 30.6. The number of amides is 1. The smallest absolute Gasteiger partial charge is 0.269 e. The second-order valence-corrected chi connectivity index (χ2v) is 7.86. The first kappa shape index (κ1) is 22.8. The van der Waals surface area contributed by atoms with E-state index in [0.29, 0.717) is 22.8 Å². The molecule has 0 bridgehead atoms. The minimum atomic E-state index is -0.709. The van der Waals surface area contributed by atoms with Crippen LogP contribution >= 0.6 is 15.9 Å². The predicted octanol–water partition coefficient (Wildman–Crippen LogP) is 4.80. The van der Waals surface area contributed by atoms with E-state index in [-0.39, 0.29) is 17.0 Å². The number of para-hydroxylation sites is 2. The van der Waals surface area contributed by atoms with Crippen molar-refractivity contribution in [3.63, 3.8) is 0 Å². The van der Waals surface area contributed by atoms with Gasteiger partial charge in [0.25, 0.3) is 11.5 Å². The van der Waals surface area contributed by atoms with Crippen LogP contribution in [0.15, 0.2) is 87.8 Å². The number of methoxy groups -OCH3 is 1. The third kappa shape index (κ3) is 4.82. The number of benzene rings is 2. The molecule has 2 aromatic carbocycles. The molecule has 0 saturated carbocycles. The molecule has 1 N–H and O–H groups in total. The van der Waals surface area contributed by atoms with Crippen molar-refractivity contribution in [3.8, 4) is 23.4 Å². The summed E-state index contributed by atoms with van der Waals surface area (Å²) in [7, 11) is 1.47. The van der Waals surface area contributed by atoms with Crippen molar-refractivity contribution in [2.45, 2.75) is 0 Å². The molecule has 1 amide bonds. The molecule has 2 aromatic heterocycles. The second-order valence-electron chi connectivity index (χ2n) is 6.94. The Morgan fingerprint density at radius 3 is 2.59 bits per heavy atom. The summed E-state index contributed by atoms with van der Waals surface area (Å²) in [6, 6.07) is 20.7. The summed E-state index contributed by atoms with van der Waals surface area (Å²) in [5, 5.41) is 12.3. The van der Waals surface area contributed by atoms with Crippen LogP contribution in [0, 0.1) is 11.3 Å². The summed E-state index contributed by atoms with van der Waals surface area (Å²) in [5.41, 5.74) is -0.0974. The minimum absolute atomic E-state index is 0.0311. The van der Waals surface area contributed by atoms with Crippen molar-refractivity contribution in [1.29, 1.82) is 5.26 Å². The van der Waals surface area contributed by atoms with Crippen LogP contribution in [0.4, 0.5) is 5.69 Å². The molecule has 34 heavy (non-hydrogen) atoms. The molecule has 4 rings (SSSR count). The first-order valence-electron chi connectivity index (χ1n) is 10.0. The van der Waals surface area contributed by atoms with Gasteiger partial charge in [-0.1, -0.05) is 34.1 Å². The third-order valence-electron chi connectivity index (χ3n) is 4.77. The maximum atomic E-state index is 13.3. The predicted molar refractivity (Wildman–Crippen MR) is 131 cm³/mol. The molecular formula is C25H17BrN4O4. The number of aromatic nitrogens is 2. The quantitative estimate of drug-likeness (QED) is 0.291. The largest absolute Gasteiger partial charge is 0.495 e. The van der Waals surface area contributed by atoms with Crippen LogP contribution in [0.2, 0.25) is 0 Å². The SMILES string of the molecule is COc1ccccc1NC(=O)/C(C#N)=C\c1c(Oc2ccc(Br)cc2)nc2ccccn2c1=O. The lowest BCUT2D eigenvalue weighted by molar-refractivity contribution is -0.112. The van der Waals surface area contributed by atoms with E-state index in [0.717, 1.165) is 4.47 Å². The van der Waals surface area contributed by atoms with Crippen molar-refractivity contribution < 1.29 is 14.3 Å². The number of fused-ring (bicyclic) bond motifs is 1. The van der Waals surface area contributed by atoms with E-state index >= 15 is 0 Å².